The molecule has 1 fully saturated rings. The van der Waals surface area contributed by atoms with Crippen LogP contribution in [0.15, 0.2) is 42.5 Å². The minimum absolute atomic E-state index is 0.0789. The largest absolute Gasteiger partial charge is 0.366 e. The first-order valence-electron chi connectivity index (χ1n) is 10.2. The van der Waals surface area contributed by atoms with E-state index in [4.69, 9.17) is 0 Å². The summed E-state index contributed by atoms with van der Waals surface area (Å²) in [5, 5.41) is 0.891. The number of nitrogens with zero attached hydrogens (tertiary/aromatic N) is 2. The van der Waals surface area contributed by atoms with Crippen LogP contribution in [-0.2, 0) is 17.6 Å². The summed E-state index contributed by atoms with van der Waals surface area (Å²) in [6.45, 7) is 2.45. The molecule has 29 heavy (non-hydrogen) atoms. The van der Waals surface area contributed by atoms with E-state index in [9.17, 15) is 13.6 Å². The molecular weight excluding hydrogens is 372 g/mol. The summed E-state index contributed by atoms with van der Waals surface area (Å²) in [6, 6.07) is 11.6. The molecule has 2 aromatic carbocycles. The lowest BCUT2D eigenvalue weighted by molar-refractivity contribution is -0.136. The van der Waals surface area contributed by atoms with E-state index < -0.39 is 0 Å². The van der Waals surface area contributed by atoms with Crippen molar-refractivity contribution >= 4 is 22.5 Å². The molecule has 2 heterocycles. The first-order valence-corrected chi connectivity index (χ1v) is 10.2. The molecule has 150 valence electrons. The Morgan fingerprint density at radius 2 is 1.83 bits per heavy atom. The zero-order valence-corrected chi connectivity index (χ0v) is 16.1. The topological polar surface area (TPSA) is 39.3 Å². The molecule has 1 aliphatic heterocycles. The minimum atomic E-state index is -0.253. The number of aromatic nitrogens is 1. The van der Waals surface area contributed by atoms with Gasteiger partial charge in [0.25, 0.3) is 0 Å². The van der Waals surface area contributed by atoms with Gasteiger partial charge in [0.05, 0.1) is 5.69 Å². The average molecular weight is 395 g/mol. The molecule has 0 saturated carbocycles. The number of anilines is 1. The number of H-pyrrole nitrogens is 1. The van der Waals surface area contributed by atoms with Crippen LogP contribution in [0, 0.1) is 17.6 Å². The maximum Gasteiger partial charge on any atom is 0.226 e. The Labute approximate surface area is 168 Å². The van der Waals surface area contributed by atoms with Gasteiger partial charge >= 0.3 is 0 Å². The molecule has 4 nitrogen and oxygen atoms in total. The second-order valence-corrected chi connectivity index (χ2v) is 7.98. The zero-order valence-electron chi connectivity index (χ0n) is 16.1. The van der Waals surface area contributed by atoms with Gasteiger partial charge in [-0.3, -0.25) is 4.79 Å². The number of nitrogens with one attached hydrogen (secondary N) is 1. The highest BCUT2D eigenvalue weighted by molar-refractivity contribution is 5.87. The fourth-order valence-electron chi connectivity index (χ4n) is 4.73. The molecule has 1 unspecified atom stereocenters. The van der Waals surface area contributed by atoms with E-state index in [1.54, 1.807) is 24.3 Å². The Kier molecular flexibility index (Phi) is 4.49. The molecule has 1 atom stereocenters. The van der Waals surface area contributed by atoms with Gasteiger partial charge in [0.15, 0.2) is 0 Å². The Morgan fingerprint density at radius 1 is 1.03 bits per heavy atom. The second kappa shape index (κ2) is 7.17. The Morgan fingerprint density at radius 3 is 2.62 bits per heavy atom. The van der Waals surface area contributed by atoms with E-state index in [0.717, 1.165) is 35.0 Å². The summed E-state index contributed by atoms with van der Waals surface area (Å²) in [4.78, 5) is 20.4. The number of piperazine rings is 1. The highest BCUT2D eigenvalue weighted by Gasteiger charge is 2.32. The van der Waals surface area contributed by atoms with Crippen LogP contribution in [0.5, 0.6) is 0 Å². The normalized spacial score (nSPS) is 19.4. The van der Waals surface area contributed by atoms with Crippen molar-refractivity contribution in [1.29, 1.82) is 0 Å². The van der Waals surface area contributed by atoms with Gasteiger partial charge in [0.1, 0.15) is 11.6 Å². The zero-order chi connectivity index (χ0) is 20.0. The average Bonchev–Trinajstić information content (AvgIpc) is 3.11. The van der Waals surface area contributed by atoms with Crippen LogP contribution in [0.1, 0.15) is 17.7 Å². The maximum atomic E-state index is 14.0. The highest BCUT2D eigenvalue weighted by Crippen LogP contribution is 2.33. The predicted octanol–water partition coefficient (Wildman–Crippen LogP) is 3.90. The number of halogens is 2. The summed E-state index contributed by atoms with van der Waals surface area (Å²) in [7, 11) is 0. The molecular formula is C23H23F2N3O. The van der Waals surface area contributed by atoms with Crippen LogP contribution < -0.4 is 4.90 Å². The Hall–Kier alpha value is -2.89. The molecule has 0 radical (unpaired) electrons. The van der Waals surface area contributed by atoms with E-state index >= 15 is 0 Å². The molecule has 1 amide bonds. The van der Waals surface area contributed by atoms with Crippen LogP contribution in [0.4, 0.5) is 14.5 Å². The van der Waals surface area contributed by atoms with Gasteiger partial charge in [-0.2, -0.15) is 0 Å². The van der Waals surface area contributed by atoms with Gasteiger partial charge in [-0.1, -0.05) is 12.1 Å². The smallest absolute Gasteiger partial charge is 0.226 e. The molecule has 0 bridgehead atoms. The van der Waals surface area contributed by atoms with Gasteiger partial charge in [0.2, 0.25) is 5.91 Å². The molecule has 6 heteroatoms. The quantitative estimate of drug-likeness (QED) is 0.715. The molecule has 1 aliphatic carbocycles. The van der Waals surface area contributed by atoms with Gasteiger partial charge < -0.3 is 14.8 Å². The first kappa shape index (κ1) is 18.2. The van der Waals surface area contributed by atoms with Gasteiger partial charge in [0, 0.05) is 48.7 Å². The van der Waals surface area contributed by atoms with Crippen molar-refractivity contribution in [3.8, 4) is 0 Å². The van der Waals surface area contributed by atoms with Crippen LogP contribution >= 0.6 is 0 Å². The standard InChI is InChI=1S/C23H23F2N3O/c24-16-6-8-21-18(14-16)17-13-15(5-7-20(17)26-21)23(29)28-11-9-27(10-12-28)22-4-2-1-3-19(22)25/h1-4,6,8,14-15,26H,5,7,9-13H2. The van der Waals surface area contributed by atoms with Crippen molar-refractivity contribution in [2.45, 2.75) is 19.3 Å². The fraction of sp³-hybridized carbons (Fsp3) is 0.348. The third-order valence-electron chi connectivity index (χ3n) is 6.28. The number of aryl methyl sites for hydroxylation is 1. The summed E-state index contributed by atoms with van der Waals surface area (Å²) in [6.07, 6.45) is 2.25. The molecule has 1 N–H and O–H groups in total. The van der Waals surface area contributed by atoms with Crippen molar-refractivity contribution in [2.75, 3.05) is 31.1 Å². The number of benzene rings is 2. The van der Waals surface area contributed by atoms with Crippen LogP contribution in [0.3, 0.4) is 0 Å². The van der Waals surface area contributed by atoms with Crippen molar-refractivity contribution in [1.82, 2.24) is 9.88 Å². The highest BCUT2D eigenvalue weighted by atomic mass is 19.1. The van der Waals surface area contributed by atoms with Gasteiger partial charge in [-0.25, -0.2) is 8.78 Å². The van der Waals surface area contributed by atoms with E-state index in [-0.39, 0.29) is 23.5 Å². The van der Waals surface area contributed by atoms with Crippen LogP contribution in [-0.4, -0.2) is 42.0 Å². The number of rotatable bonds is 2. The number of hydrogen-bond acceptors (Lipinski definition) is 2. The monoisotopic (exact) mass is 395 g/mol. The third-order valence-corrected chi connectivity index (χ3v) is 6.28. The number of carbonyl (C=O) groups excluding carboxylic acids is 1. The van der Waals surface area contributed by atoms with Gasteiger partial charge in [-0.15, -0.1) is 0 Å². The van der Waals surface area contributed by atoms with Crippen molar-refractivity contribution in [3.05, 3.63) is 65.4 Å². The molecule has 3 aromatic rings. The number of aromatic amines is 1. The Balaban J connectivity index is 1.28. The lowest BCUT2D eigenvalue weighted by Gasteiger charge is -2.38. The van der Waals surface area contributed by atoms with E-state index in [2.05, 4.69) is 4.98 Å². The van der Waals surface area contributed by atoms with Crippen LogP contribution in [0.2, 0.25) is 0 Å². The third kappa shape index (κ3) is 3.26. The maximum absolute atomic E-state index is 14.0. The summed E-state index contributed by atoms with van der Waals surface area (Å²) in [5.74, 6) is -0.393. The lowest BCUT2D eigenvalue weighted by Crippen LogP contribution is -2.51. The number of hydrogen-bond donors (Lipinski definition) is 1. The van der Waals surface area contributed by atoms with Crippen molar-refractivity contribution in [3.63, 3.8) is 0 Å². The molecule has 1 saturated heterocycles. The second-order valence-electron chi connectivity index (χ2n) is 7.98. The summed E-state index contributed by atoms with van der Waals surface area (Å²) >= 11 is 0. The first-order chi connectivity index (χ1) is 14.1. The number of fused-ring (bicyclic) bond motifs is 3. The number of amides is 1. The van der Waals surface area contributed by atoms with Crippen LogP contribution in [0.25, 0.3) is 10.9 Å². The molecule has 2 aliphatic rings. The predicted molar refractivity (Wildman–Crippen MR) is 109 cm³/mol. The van der Waals surface area contributed by atoms with Crippen molar-refractivity contribution in [2.24, 2.45) is 5.92 Å². The fourth-order valence-corrected chi connectivity index (χ4v) is 4.73. The molecule has 0 spiro atoms. The van der Waals surface area contributed by atoms with Gasteiger partial charge in [-0.05, 0) is 55.2 Å². The lowest BCUT2D eigenvalue weighted by atomic mass is 9.85. The Bertz CT molecular complexity index is 1070. The SMILES string of the molecule is O=C(C1CCc2[nH]c3ccc(F)cc3c2C1)N1CCN(c2ccccc2F)CC1. The summed E-state index contributed by atoms with van der Waals surface area (Å²) < 4.78 is 27.8. The molecule has 5 rings (SSSR count). The van der Waals surface area contributed by atoms with E-state index in [1.165, 1.54) is 12.1 Å². The summed E-state index contributed by atoms with van der Waals surface area (Å²) in [5.41, 5.74) is 3.74. The minimum Gasteiger partial charge on any atom is -0.366 e. The number of carbonyl (C=O) groups is 1. The van der Waals surface area contributed by atoms with E-state index in [0.29, 0.717) is 38.3 Å². The number of para-hydroxylation sites is 1. The van der Waals surface area contributed by atoms with E-state index in [1.807, 2.05) is 15.9 Å². The molecule has 1 aromatic heterocycles. The van der Waals surface area contributed by atoms with Crippen molar-refractivity contribution < 1.29 is 13.6 Å².